The highest BCUT2D eigenvalue weighted by atomic mass is 16.2. The van der Waals surface area contributed by atoms with Gasteiger partial charge in [0.2, 0.25) is 5.91 Å². The fraction of sp³-hybridized carbons (Fsp3) is 0.389. The van der Waals surface area contributed by atoms with E-state index in [0.717, 1.165) is 6.54 Å². The Labute approximate surface area is 145 Å². The minimum Gasteiger partial charge on any atom is -0.345 e. The van der Waals surface area contributed by atoms with Crippen molar-refractivity contribution in [1.82, 2.24) is 23.6 Å². The average Bonchev–Trinajstić information content (AvgIpc) is 3.15. The average molecular weight is 339 g/mol. The lowest BCUT2D eigenvalue weighted by Crippen LogP contribution is -2.41. The number of hydrogen-bond acceptors (Lipinski definition) is 3. The van der Waals surface area contributed by atoms with Crippen LogP contribution in [0.1, 0.15) is 30.8 Å². The van der Waals surface area contributed by atoms with E-state index < -0.39 is 0 Å². The van der Waals surface area contributed by atoms with Crippen LogP contribution in [0.25, 0.3) is 5.65 Å². The summed E-state index contributed by atoms with van der Waals surface area (Å²) in [7, 11) is 0. The van der Waals surface area contributed by atoms with Gasteiger partial charge in [0.15, 0.2) is 5.65 Å². The van der Waals surface area contributed by atoms with E-state index in [-0.39, 0.29) is 24.1 Å². The van der Waals surface area contributed by atoms with E-state index in [1.165, 1.54) is 20.5 Å². The Morgan fingerprint density at radius 2 is 2.08 bits per heavy atom. The fourth-order valence-corrected chi connectivity index (χ4v) is 3.62. The summed E-state index contributed by atoms with van der Waals surface area (Å²) < 4.78 is 5.12. The van der Waals surface area contributed by atoms with Crippen LogP contribution >= 0.6 is 0 Å². The molecule has 1 atom stereocenters. The number of fused-ring (bicyclic) bond motifs is 2. The SMILES string of the molecule is Cc1ccc2n1CCN(C(=O)CCn1nc3ccccn3c1=O)[C@@H]2C. The lowest BCUT2D eigenvalue weighted by Gasteiger charge is -2.35. The number of amides is 1. The van der Waals surface area contributed by atoms with Gasteiger partial charge in [-0.2, -0.15) is 0 Å². The summed E-state index contributed by atoms with van der Waals surface area (Å²) in [6.45, 7) is 5.95. The van der Waals surface area contributed by atoms with E-state index in [2.05, 4.69) is 35.6 Å². The molecule has 3 aromatic heterocycles. The van der Waals surface area contributed by atoms with Crippen molar-refractivity contribution >= 4 is 11.6 Å². The molecule has 0 radical (unpaired) electrons. The molecule has 7 heteroatoms. The first-order valence-corrected chi connectivity index (χ1v) is 8.56. The van der Waals surface area contributed by atoms with Gasteiger partial charge in [0.1, 0.15) is 0 Å². The molecule has 3 aromatic rings. The molecule has 25 heavy (non-hydrogen) atoms. The molecule has 7 nitrogen and oxygen atoms in total. The topological polar surface area (TPSA) is 64.5 Å². The number of pyridine rings is 1. The van der Waals surface area contributed by atoms with E-state index in [0.29, 0.717) is 18.7 Å². The van der Waals surface area contributed by atoms with Crippen molar-refractivity contribution in [2.24, 2.45) is 0 Å². The number of hydrogen-bond donors (Lipinski definition) is 0. The number of nitrogens with zero attached hydrogens (tertiary/aromatic N) is 5. The van der Waals surface area contributed by atoms with E-state index in [9.17, 15) is 9.59 Å². The lowest BCUT2D eigenvalue weighted by molar-refractivity contribution is -0.134. The summed E-state index contributed by atoms with van der Waals surface area (Å²) in [4.78, 5) is 26.9. The maximum atomic E-state index is 12.7. The van der Waals surface area contributed by atoms with E-state index >= 15 is 0 Å². The van der Waals surface area contributed by atoms with Crippen LogP contribution in [0.4, 0.5) is 0 Å². The highest BCUT2D eigenvalue weighted by Gasteiger charge is 2.28. The Balaban J connectivity index is 1.49. The van der Waals surface area contributed by atoms with Crippen molar-refractivity contribution < 1.29 is 4.79 Å². The molecule has 0 unspecified atom stereocenters. The van der Waals surface area contributed by atoms with Crippen molar-refractivity contribution in [1.29, 1.82) is 0 Å². The summed E-state index contributed by atoms with van der Waals surface area (Å²) in [5.74, 6) is 0.0570. The van der Waals surface area contributed by atoms with Crippen molar-refractivity contribution in [3.8, 4) is 0 Å². The monoisotopic (exact) mass is 339 g/mol. The predicted octanol–water partition coefficient (Wildman–Crippen LogP) is 1.60. The van der Waals surface area contributed by atoms with Gasteiger partial charge in [0.05, 0.1) is 12.6 Å². The van der Waals surface area contributed by atoms with Crippen LogP contribution in [0.2, 0.25) is 0 Å². The summed E-state index contributed by atoms with van der Waals surface area (Å²) >= 11 is 0. The zero-order valence-electron chi connectivity index (χ0n) is 14.4. The van der Waals surface area contributed by atoms with E-state index in [4.69, 9.17) is 0 Å². The highest BCUT2D eigenvalue weighted by Crippen LogP contribution is 2.27. The van der Waals surface area contributed by atoms with Gasteiger partial charge in [-0.15, -0.1) is 5.10 Å². The standard InChI is InChI=1S/C18H21N5O2/c1-13-6-7-15-14(2)21(12-11-20(13)15)17(24)8-10-23-18(25)22-9-4-3-5-16(22)19-23/h3-7,9,14H,8,10-12H2,1-2H3/t14-/m1/s1. The molecule has 4 heterocycles. The van der Waals surface area contributed by atoms with Gasteiger partial charge in [0, 0.05) is 37.1 Å². The minimum atomic E-state index is -0.209. The molecule has 0 saturated carbocycles. The van der Waals surface area contributed by atoms with Crippen LogP contribution in [0.5, 0.6) is 0 Å². The van der Waals surface area contributed by atoms with Crippen LogP contribution in [0, 0.1) is 6.92 Å². The molecule has 0 fully saturated rings. The molecule has 1 aliphatic rings. The van der Waals surface area contributed by atoms with Gasteiger partial charge in [-0.3, -0.25) is 9.20 Å². The number of carbonyl (C=O) groups excluding carboxylic acids is 1. The van der Waals surface area contributed by atoms with Crippen LogP contribution in [0.15, 0.2) is 41.3 Å². The summed E-state index contributed by atoms with van der Waals surface area (Å²) in [5, 5.41) is 4.28. The van der Waals surface area contributed by atoms with Crippen molar-refractivity contribution in [3.05, 3.63) is 58.4 Å². The molecule has 1 amide bonds. The Kier molecular flexibility index (Phi) is 3.71. The van der Waals surface area contributed by atoms with Crippen molar-refractivity contribution in [3.63, 3.8) is 0 Å². The summed E-state index contributed by atoms with van der Waals surface area (Å²) in [6, 6.07) is 9.64. The first-order chi connectivity index (χ1) is 12.1. The third kappa shape index (κ3) is 2.56. The number of aromatic nitrogens is 4. The predicted molar refractivity (Wildman–Crippen MR) is 93.4 cm³/mol. The van der Waals surface area contributed by atoms with Crippen molar-refractivity contribution in [2.75, 3.05) is 6.54 Å². The molecule has 0 bridgehead atoms. The maximum Gasteiger partial charge on any atom is 0.350 e. The summed E-state index contributed by atoms with van der Waals surface area (Å²) in [6.07, 6.45) is 1.96. The van der Waals surface area contributed by atoms with Crippen molar-refractivity contribution in [2.45, 2.75) is 39.4 Å². The normalized spacial score (nSPS) is 17.0. The second-order valence-corrected chi connectivity index (χ2v) is 6.50. The molecule has 0 aliphatic carbocycles. The second kappa shape index (κ2) is 5.91. The van der Waals surface area contributed by atoms with E-state index in [1.807, 2.05) is 11.0 Å². The largest absolute Gasteiger partial charge is 0.350 e. The first kappa shape index (κ1) is 15.7. The van der Waals surface area contributed by atoms with E-state index in [1.54, 1.807) is 18.3 Å². The van der Waals surface area contributed by atoms with Gasteiger partial charge < -0.3 is 9.47 Å². The Morgan fingerprint density at radius 1 is 1.24 bits per heavy atom. The van der Waals surface area contributed by atoms with Gasteiger partial charge in [-0.1, -0.05) is 6.07 Å². The third-order valence-electron chi connectivity index (χ3n) is 5.04. The molecule has 1 aliphatic heterocycles. The number of aryl methyl sites for hydroxylation is 2. The van der Waals surface area contributed by atoms with Crippen LogP contribution in [0.3, 0.4) is 0 Å². The minimum absolute atomic E-state index is 0.0488. The first-order valence-electron chi connectivity index (χ1n) is 8.56. The molecule has 0 spiro atoms. The lowest BCUT2D eigenvalue weighted by atomic mass is 10.1. The zero-order chi connectivity index (χ0) is 17.6. The smallest absolute Gasteiger partial charge is 0.345 e. The maximum absolute atomic E-state index is 12.7. The highest BCUT2D eigenvalue weighted by molar-refractivity contribution is 5.76. The molecule has 4 rings (SSSR count). The van der Waals surface area contributed by atoms with Crippen LogP contribution in [-0.4, -0.2) is 36.1 Å². The Hall–Kier alpha value is -2.83. The molecule has 130 valence electrons. The molecular weight excluding hydrogens is 318 g/mol. The van der Waals surface area contributed by atoms with Gasteiger partial charge >= 0.3 is 5.69 Å². The Morgan fingerprint density at radius 3 is 2.88 bits per heavy atom. The van der Waals surface area contributed by atoms with Gasteiger partial charge in [-0.25, -0.2) is 9.48 Å². The zero-order valence-corrected chi connectivity index (χ0v) is 14.4. The second-order valence-electron chi connectivity index (χ2n) is 6.50. The third-order valence-corrected chi connectivity index (χ3v) is 5.04. The molecular formula is C18H21N5O2. The summed E-state index contributed by atoms with van der Waals surface area (Å²) in [5.41, 5.74) is 2.78. The number of rotatable bonds is 3. The molecule has 0 saturated heterocycles. The number of carbonyl (C=O) groups is 1. The van der Waals surface area contributed by atoms with Crippen LogP contribution in [-0.2, 0) is 17.9 Å². The fourth-order valence-electron chi connectivity index (χ4n) is 3.62. The van der Waals surface area contributed by atoms with Gasteiger partial charge in [-0.05, 0) is 38.1 Å². The molecule has 0 N–H and O–H groups in total. The Bertz CT molecular complexity index is 996. The van der Waals surface area contributed by atoms with Gasteiger partial charge in [0.25, 0.3) is 0 Å². The quantitative estimate of drug-likeness (QED) is 0.728. The molecule has 0 aromatic carbocycles. The van der Waals surface area contributed by atoms with Crippen LogP contribution < -0.4 is 5.69 Å².